The Labute approximate surface area is 127 Å². The molecule has 1 aromatic heterocycles. The molecular weight excluding hydrogens is 262 g/mol. The molecule has 114 valence electrons. The number of benzene rings is 1. The number of hydrogen-bond donors (Lipinski definition) is 1. The van der Waals surface area contributed by atoms with E-state index in [4.69, 9.17) is 4.74 Å². The van der Waals surface area contributed by atoms with Crippen molar-refractivity contribution < 1.29 is 4.74 Å². The molecule has 0 aliphatic rings. The molecule has 4 nitrogen and oxygen atoms in total. The Morgan fingerprint density at radius 3 is 2.52 bits per heavy atom. The van der Waals surface area contributed by atoms with Gasteiger partial charge in [-0.2, -0.15) is 0 Å². The van der Waals surface area contributed by atoms with Crippen LogP contribution in [0.15, 0.2) is 36.8 Å². The first kappa shape index (κ1) is 15.6. The van der Waals surface area contributed by atoms with E-state index >= 15 is 0 Å². The van der Waals surface area contributed by atoms with Gasteiger partial charge in [0.15, 0.2) is 0 Å². The van der Waals surface area contributed by atoms with Gasteiger partial charge < -0.3 is 14.6 Å². The van der Waals surface area contributed by atoms with Crippen molar-refractivity contribution in [3.05, 3.63) is 48.0 Å². The summed E-state index contributed by atoms with van der Waals surface area (Å²) in [6.45, 7) is 8.29. The van der Waals surface area contributed by atoms with E-state index in [9.17, 15) is 0 Å². The Hall–Kier alpha value is -1.81. The third-order valence-electron chi connectivity index (χ3n) is 3.40. The van der Waals surface area contributed by atoms with Gasteiger partial charge in [0.05, 0.1) is 19.1 Å². The Morgan fingerprint density at radius 2 is 1.90 bits per heavy atom. The molecule has 21 heavy (non-hydrogen) atoms. The molecule has 0 radical (unpaired) electrons. The van der Waals surface area contributed by atoms with E-state index in [-0.39, 0.29) is 5.54 Å². The fraction of sp³-hybridized carbons (Fsp3) is 0.471. The summed E-state index contributed by atoms with van der Waals surface area (Å²) >= 11 is 0. The van der Waals surface area contributed by atoms with Gasteiger partial charge in [0, 0.05) is 24.8 Å². The molecule has 2 rings (SSSR count). The standard InChI is InChI=1S/C17H25N3O/c1-17(2,3)19-12-15-11-18-13-20(15)10-9-14-5-7-16(21-4)8-6-14/h5-8,11,13,19H,9-10,12H2,1-4H3. The average molecular weight is 287 g/mol. The van der Waals surface area contributed by atoms with Crippen LogP contribution in [0.25, 0.3) is 0 Å². The Bertz CT molecular complexity index is 552. The molecule has 0 spiro atoms. The van der Waals surface area contributed by atoms with E-state index in [0.29, 0.717) is 0 Å². The van der Waals surface area contributed by atoms with E-state index in [1.807, 2.05) is 24.7 Å². The molecular formula is C17H25N3O. The van der Waals surface area contributed by atoms with Crippen LogP contribution in [0.4, 0.5) is 0 Å². The minimum Gasteiger partial charge on any atom is -0.497 e. The van der Waals surface area contributed by atoms with Crippen LogP contribution < -0.4 is 10.1 Å². The van der Waals surface area contributed by atoms with E-state index in [1.165, 1.54) is 11.3 Å². The maximum absolute atomic E-state index is 5.18. The molecule has 4 heteroatoms. The summed E-state index contributed by atoms with van der Waals surface area (Å²) in [6.07, 6.45) is 4.83. The van der Waals surface area contributed by atoms with Crippen molar-refractivity contribution in [2.75, 3.05) is 7.11 Å². The Balaban J connectivity index is 1.92. The number of imidazole rings is 1. The highest BCUT2D eigenvalue weighted by Gasteiger charge is 2.10. The molecule has 0 unspecified atom stereocenters. The quantitative estimate of drug-likeness (QED) is 0.887. The smallest absolute Gasteiger partial charge is 0.118 e. The first-order valence-electron chi connectivity index (χ1n) is 7.35. The first-order chi connectivity index (χ1) is 9.98. The molecule has 0 fully saturated rings. The van der Waals surface area contributed by atoms with Crippen molar-refractivity contribution in [2.45, 2.75) is 45.8 Å². The monoisotopic (exact) mass is 287 g/mol. The molecule has 2 aromatic rings. The van der Waals surface area contributed by atoms with Crippen LogP contribution >= 0.6 is 0 Å². The predicted octanol–water partition coefficient (Wildman–Crippen LogP) is 3.02. The number of methoxy groups -OCH3 is 1. The fourth-order valence-electron chi connectivity index (χ4n) is 2.09. The van der Waals surface area contributed by atoms with Gasteiger partial charge in [-0.25, -0.2) is 4.98 Å². The second-order valence-electron chi connectivity index (χ2n) is 6.28. The topological polar surface area (TPSA) is 39.1 Å². The number of rotatable bonds is 6. The van der Waals surface area contributed by atoms with Crippen LogP contribution in [-0.2, 0) is 19.5 Å². The van der Waals surface area contributed by atoms with Crippen molar-refractivity contribution >= 4 is 0 Å². The lowest BCUT2D eigenvalue weighted by atomic mass is 10.1. The van der Waals surface area contributed by atoms with Crippen molar-refractivity contribution in [3.63, 3.8) is 0 Å². The summed E-state index contributed by atoms with van der Waals surface area (Å²) in [5, 5.41) is 3.50. The number of aryl methyl sites for hydroxylation is 2. The zero-order valence-electron chi connectivity index (χ0n) is 13.4. The van der Waals surface area contributed by atoms with Crippen molar-refractivity contribution in [3.8, 4) is 5.75 Å². The third kappa shape index (κ3) is 4.90. The molecule has 0 aliphatic heterocycles. The van der Waals surface area contributed by atoms with Crippen LogP contribution in [0.1, 0.15) is 32.0 Å². The number of nitrogens with zero attached hydrogens (tertiary/aromatic N) is 2. The average Bonchev–Trinajstić information content (AvgIpc) is 2.90. The summed E-state index contributed by atoms with van der Waals surface area (Å²) in [5.74, 6) is 0.899. The maximum atomic E-state index is 5.18. The van der Waals surface area contributed by atoms with Gasteiger partial charge in [-0.3, -0.25) is 0 Å². The summed E-state index contributed by atoms with van der Waals surface area (Å²) in [7, 11) is 1.69. The van der Waals surface area contributed by atoms with E-state index in [0.717, 1.165) is 25.3 Å². The number of nitrogens with one attached hydrogen (secondary N) is 1. The molecule has 1 aromatic carbocycles. The maximum Gasteiger partial charge on any atom is 0.118 e. The zero-order chi connectivity index (χ0) is 15.3. The number of aromatic nitrogens is 2. The molecule has 0 aliphatic carbocycles. The Morgan fingerprint density at radius 1 is 1.19 bits per heavy atom. The van der Waals surface area contributed by atoms with Gasteiger partial charge >= 0.3 is 0 Å². The molecule has 0 bridgehead atoms. The Kier molecular flexibility index (Phi) is 5.02. The lowest BCUT2D eigenvalue weighted by Crippen LogP contribution is -2.35. The molecule has 1 heterocycles. The molecule has 0 amide bonds. The summed E-state index contributed by atoms with van der Waals surface area (Å²) in [4.78, 5) is 4.27. The van der Waals surface area contributed by atoms with Crippen LogP contribution in [0.2, 0.25) is 0 Å². The summed E-state index contributed by atoms with van der Waals surface area (Å²) in [5.41, 5.74) is 2.64. The highest BCUT2D eigenvalue weighted by atomic mass is 16.5. The second-order valence-corrected chi connectivity index (χ2v) is 6.28. The second kappa shape index (κ2) is 6.76. The SMILES string of the molecule is COc1ccc(CCn2cncc2CNC(C)(C)C)cc1. The van der Waals surface area contributed by atoms with Gasteiger partial charge in [0.1, 0.15) is 5.75 Å². The van der Waals surface area contributed by atoms with Crippen molar-refractivity contribution in [1.29, 1.82) is 0 Å². The van der Waals surface area contributed by atoms with Gasteiger partial charge in [0.2, 0.25) is 0 Å². The lowest BCUT2D eigenvalue weighted by molar-refractivity contribution is 0.414. The fourth-order valence-corrected chi connectivity index (χ4v) is 2.09. The number of hydrogen-bond acceptors (Lipinski definition) is 3. The first-order valence-corrected chi connectivity index (χ1v) is 7.35. The lowest BCUT2D eigenvalue weighted by Gasteiger charge is -2.21. The van der Waals surface area contributed by atoms with E-state index in [1.54, 1.807) is 7.11 Å². The highest BCUT2D eigenvalue weighted by Crippen LogP contribution is 2.13. The minimum absolute atomic E-state index is 0.116. The van der Waals surface area contributed by atoms with Gasteiger partial charge in [0.25, 0.3) is 0 Å². The molecule has 0 saturated carbocycles. The third-order valence-corrected chi connectivity index (χ3v) is 3.40. The van der Waals surface area contributed by atoms with Gasteiger partial charge in [-0.1, -0.05) is 12.1 Å². The predicted molar refractivity (Wildman–Crippen MR) is 85.5 cm³/mol. The van der Waals surface area contributed by atoms with Crippen LogP contribution in [-0.4, -0.2) is 22.2 Å². The van der Waals surface area contributed by atoms with Crippen LogP contribution in [0.3, 0.4) is 0 Å². The van der Waals surface area contributed by atoms with E-state index in [2.05, 4.69) is 47.8 Å². The van der Waals surface area contributed by atoms with E-state index < -0.39 is 0 Å². The molecule has 0 atom stereocenters. The summed E-state index contributed by atoms with van der Waals surface area (Å²) < 4.78 is 7.39. The van der Waals surface area contributed by atoms with Gasteiger partial charge in [-0.05, 0) is 44.9 Å². The zero-order valence-corrected chi connectivity index (χ0v) is 13.4. The van der Waals surface area contributed by atoms with Crippen molar-refractivity contribution in [1.82, 2.24) is 14.9 Å². The minimum atomic E-state index is 0.116. The van der Waals surface area contributed by atoms with Gasteiger partial charge in [-0.15, -0.1) is 0 Å². The summed E-state index contributed by atoms with van der Waals surface area (Å²) in [6, 6.07) is 8.24. The van der Waals surface area contributed by atoms with Crippen LogP contribution in [0.5, 0.6) is 5.75 Å². The van der Waals surface area contributed by atoms with Crippen molar-refractivity contribution in [2.24, 2.45) is 0 Å². The van der Waals surface area contributed by atoms with Crippen LogP contribution in [0, 0.1) is 0 Å². The normalized spacial score (nSPS) is 11.6. The number of ether oxygens (including phenoxy) is 1. The highest BCUT2D eigenvalue weighted by molar-refractivity contribution is 5.27. The molecule has 0 saturated heterocycles. The molecule has 1 N–H and O–H groups in total. The largest absolute Gasteiger partial charge is 0.497 e.